The number of aromatic nitrogens is 3. The summed E-state index contributed by atoms with van der Waals surface area (Å²) in [4.78, 5) is 15.0. The van der Waals surface area contributed by atoms with E-state index in [4.69, 9.17) is 0 Å². The molecule has 1 heterocycles. The second kappa shape index (κ2) is 9.75. The number of rotatable bonds is 7. The summed E-state index contributed by atoms with van der Waals surface area (Å²) in [6, 6.07) is 18.0. The highest BCUT2D eigenvalue weighted by molar-refractivity contribution is 9.10. The van der Waals surface area contributed by atoms with E-state index in [1.807, 2.05) is 36.0 Å². The third-order valence-electron chi connectivity index (χ3n) is 4.85. The Kier molecular flexibility index (Phi) is 6.81. The van der Waals surface area contributed by atoms with Gasteiger partial charge in [0.25, 0.3) is 5.91 Å². The number of hydrogen-bond donors (Lipinski definition) is 2. The van der Waals surface area contributed by atoms with Crippen molar-refractivity contribution in [3.8, 4) is 11.4 Å². The van der Waals surface area contributed by atoms with Gasteiger partial charge in [-0.05, 0) is 66.6 Å². The largest absolute Gasteiger partial charge is 0.506 e. The van der Waals surface area contributed by atoms with Crippen LogP contribution in [0.15, 0.2) is 70.0 Å². The van der Waals surface area contributed by atoms with Crippen LogP contribution in [0, 0.1) is 5.92 Å². The van der Waals surface area contributed by atoms with Crippen LogP contribution in [0.3, 0.4) is 0 Å². The Labute approximate surface area is 199 Å². The quantitative estimate of drug-likeness (QED) is 0.286. The van der Waals surface area contributed by atoms with Gasteiger partial charge in [0.1, 0.15) is 22.5 Å². The van der Waals surface area contributed by atoms with Gasteiger partial charge < -0.3 is 10.4 Å². The zero-order valence-corrected chi connectivity index (χ0v) is 20.2. The molecular formula is C24H23BrN4O2S. The highest BCUT2D eigenvalue weighted by atomic mass is 79.9. The summed E-state index contributed by atoms with van der Waals surface area (Å²) in [7, 11) is 0. The number of anilines is 1. The highest BCUT2D eigenvalue weighted by Gasteiger charge is 2.12. The van der Waals surface area contributed by atoms with E-state index < -0.39 is 0 Å². The van der Waals surface area contributed by atoms with E-state index in [2.05, 4.69) is 45.3 Å². The Morgan fingerprint density at radius 2 is 1.91 bits per heavy atom. The maximum absolute atomic E-state index is 12.4. The lowest BCUT2D eigenvalue weighted by Crippen LogP contribution is -2.12. The summed E-state index contributed by atoms with van der Waals surface area (Å²) in [5.41, 5.74) is 2.97. The lowest BCUT2D eigenvalue weighted by molar-refractivity contribution is 0.102. The molecule has 0 aliphatic rings. The van der Waals surface area contributed by atoms with Crippen molar-refractivity contribution in [1.29, 1.82) is 0 Å². The summed E-state index contributed by atoms with van der Waals surface area (Å²) in [6.07, 6.45) is 1.16. The van der Waals surface area contributed by atoms with E-state index in [-0.39, 0.29) is 11.7 Å². The fourth-order valence-electron chi connectivity index (χ4n) is 3.11. The van der Waals surface area contributed by atoms with Gasteiger partial charge in [-0.2, -0.15) is 0 Å². The smallest absolute Gasteiger partial charge is 0.255 e. The predicted octanol–water partition coefficient (Wildman–Crippen LogP) is 6.28. The average Bonchev–Trinajstić information content (AvgIpc) is 3.16. The van der Waals surface area contributed by atoms with Gasteiger partial charge in [0, 0.05) is 26.7 Å². The Hall–Kier alpha value is -2.84. The van der Waals surface area contributed by atoms with Crippen LogP contribution in [0.1, 0.15) is 30.6 Å². The van der Waals surface area contributed by atoms with E-state index in [0.717, 1.165) is 32.6 Å². The van der Waals surface area contributed by atoms with Gasteiger partial charge in [0.05, 0.1) is 0 Å². The number of aromatic hydroxyl groups is 1. The number of phenolic OH excluding ortho intramolecular Hbond substituents is 1. The lowest BCUT2D eigenvalue weighted by Gasteiger charge is -2.08. The van der Waals surface area contributed by atoms with Gasteiger partial charge in [-0.1, -0.05) is 35.8 Å². The molecular weight excluding hydrogens is 488 g/mol. The maximum Gasteiger partial charge on any atom is 0.255 e. The molecule has 0 unspecified atom stereocenters. The molecule has 3 aromatic carbocycles. The normalized spacial score (nSPS) is 11.2. The van der Waals surface area contributed by atoms with E-state index in [0.29, 0.717) is 22.9 Å². The van der Waals surface area contributed by atoms with E-state index in [1.165, 1.54) is 10.9 Å². The summed E-state index contributed by atoms with van der Waals surface area (Å²) in [6.45, 7) is 4.44. The van der Waals surface area contributed by atoms with Crippen molar-refractivity contribution in [2.45, 2.75) is 25.2 Å². The summed E-state index contributed by atoms with van der Waals surface area (Å²) < 4.78 is 0.821. The first kappa shape index (κ1) is 22.4. The van der Waals surface area contributed by atoms with Crippen LogP contribution in [-0.4, -0.2) is 31.8 Å². The van der Waals surface area contributed by atoms with E-state index >= 15 is 0 Å². The Morgan fingerprint density at radius 3 is 2.66 bits per heavy atom. The third kappa shape index (κ3) is 5.31. The SMILES string of the molecule is CC(C)CCSc1ccc2nn(-c3ccc(NC(=O)c4cccc(Br)c4)cc3O)nc2c1. The van der Waals surface area contributed by atoms with Crippen LogP contribution in [0.2, 0.25) is 0 Å². The molecule has 164 valence electrons. The minimum absolute atomic E-state index is 0.0242. The van der Waals surface area contributed by atoms with Crippen molar-refractivity contribution in [2.24, 2.45) is 5.92 Å². The molecule has 2 N–H and O–H groups in total. The summed E-state index contributed by atoms with van der Waals surface area (Å²) >= 11 is 5.17. The first-order chi connectivity index (χ1) is 15.4. The number of amides is 1. The molecule has 0 aliphatic carbocycles. The van der Waals surface area contributed by atoms with Crippen LogP contribution in [-0.2, 0) is 0 Å². The molecule has 0 spiro atoms. The zero-order valence-electron chi connectivity index (χ0n) is 17.7. The molecule has 4 rings (SSSR count). The third-order valence-corrected chi connectivity index (χ3v) is 6.37. The number of thioether (sulfide) groups is 1. The molecule has 4 aromatic rings. The molecule has 0 saturated heterocycles. The number of hydrogen-bond acceptors (Lipinski definition) is 5. The molecule has 0 saturated carbocycles. The van der Waals surface area contributed by atoms with Crippen LogP contribution in [0.5, 0.6) is 5.75 Å². The molecule has 0 atom stereocenters. The molecule has 0 aliphatic heterocycles. The van der Waals surface area contributed by atoms with Gasteiger partial charge in [-0.3, -0.25) is 4.79 Å². The first-order valence-electron chi connectivity index (χ1n) is 10.3. The lowest BCUT2D eigenvalue weighted by atomic mass is 10.2. The Balaban J connectivity index is 1.51. The van der Waals surface area contributed by atoms with Crippen molar-refractivity contribution in [3.63, 3.8) is 0 Å². The maximum atomic E-state index is 12.4. The van der Waals surface area contributed by atoms with Gasteiger partial charge in [-0.25, -0.2) is 0 Å². The van der Waals surface area contributed by atoms with Crippen LogP contribution < -0.4 is 5.32 Å². The van der Waals surface area contributed by atoms with Gasteiger partial charge in [0.2, 0.25) is 0 Å². The molecule has 8 heteroatoms. The zero-order chi connectivity index (χ0) is 22.7. The number of halogens is 1. The second-order valence-corrected chi connectivity index (χ2v) is 9.92. The number of benzene rings is 3. The first-order valence-corrected chi connectivity index (χ1v) is 12.1. The molecule has 32 heavy (non-hydrogen) atoms. The molecule has 0 bridgehead atoms. The number of carbonyl (C=O) groups excluding carboxylic acids is 1. The van der Waals surface area contributed by atoms with Crippen molar-refractivity contribution < 1.29 is 9.90 Å². The average molecular weight is 511 g/mol. The number of fused-ring (bicyclic) bond motifs is 1. The summed E-state index contributed by atoms with van der Waals surface area (Å²) in [5, 5.41) is 22.4. The molecule has 1 aromatic heterocycles. The standard InChI is InChI=1S/C24H23BrN4O2S/c1-15(2)10-11-32-19-7-8-20-21(14-19)28-29(27-20)22-9-6-18(13-23(22)30)26-24(31)16-4-3-5-17(25)12-16/h3-9,12-15,30H,10-11H2,1-2H3,(H,26,31). The summed E-state index contributed by atoms with van der Waals surface area (Å²) in [5.74, 6) is 1.45. The van der Waals surface area contributed by atoms with Crippen LogP contribution >= 0.6 is 27.7 Å². The van der Waals surface area contributed by atoms with Gasteiger partial charge in [-0.15, -0.1) is 26.8 Å². The van der Waals surface area contributed by atoms with E-state index in [1.54, 1.807) is 30.3 Å². The number of phenols is 1. The van der Waals surface area contributed by atoms with Gasteiger partial charge in [0.15, 0.2) is 0 Å². The Bertz CT molecular complexity index is 1270. The van der Waals surface area contributed by atoms with Crippen molar-refractivity contribution in [3.05, 3.63) is 70.7 Å². The number of carbonyl (C=O) groups is 1. The second-order valence-electron chi connectivity index (χ2n) is 7.84. The predicted molar refractivity (Wildman–Crippen MR) is 133 cm³/mol. The number of nitrogens with zero attached hydrogens (tertiary/aromatic N) is 3. The molecule has 6 nitrogen and oxygen atoms in total. The minimum Gasteiger partial charge on any atom is -0.506 e. The van der Waals surface area contributed by atoms with E-state index in [9.17, 15) is 9.90 Å². The topological polar surface area (TPSA) is 80.0 Å². The highest BCUT2D eigenvalue weighted by Crippen LogP contribution is 2.28. The molecule has 0 radical (unpaired) electrons. The Morgan fingerprint density at radius 1 is 1.09 bits per heavy atom. The number of nitrogens with one attached hydrogen (secondary N) is 1. The fourth-order valence-corrected chi connectivity index (χ4v) is 4.69. The molecule has 1 amide bonds. The van der Waals surface area contributed by atoms with Crippen molar-refractivity contribution in [2.75, 3.05) is 11.1 Å². The monoisotopic (exact) mass is 510 g/mol. The minimum atomic E-state index is -0.260. The van der Waals surface area contributed by atoms with Crippen LogP contribution in [0.4, 0.5) is 5.69 Å². The van der Waals surface area contributed by atoms with Crippen molar-refractivity contribution in [1.82, 2.24) is 15.0 Å². The van der Waals surface area contributed by atoms with Gasteiger partial charge >= 0.3 is 0 Å². The van der Waals surface area contributed by atoms with Crippen molar-refractivity contribution >= 4 is 50.3 Å². The fraction of sp³-hybridized carbons (Fsp3) is 0.208. The van der Waals surface area contributed by atoms with Crippen LogP contribution in [0.25, 0.3) is 16.7 Å². The molecule has 0 fully saturated rings.